The Labute approximate surface area is 206 Å². The smallest absolute Gasteiger partial charge is 0.255 e. The number of hydrogen-bond donors (Lipinski definition) is 2. The maximum atomic E-state index is 12.7. The van der Waals surface area contributed by atoms with Crippen LogP contribution in [0.3, 0.4) is 0 Å². The standard InChI is InChI=1S/C26H25N3O3S2/c1-4-32-20-10-13-22-23(15-20)34-26(28-22)29-24(30)17(3)33-21-11-8-19(9-12-21)27-25(31)18-7-5-6-16(2)14-18/h5-15,17H,4H2,1-3H3,(H,27,31)(H,28,29,30). The lowest BCUT2D eigenvalue weighted by atomic mass is 10.1. The molecule has 2 amide bonds. The van der Waals surface area contributed by atoms with Crippen LogP contribution in [0.4, 0.5) is 10.8 Å². The first kappa shape index (κ1) is 23.8. The number of benzene rings is 3. The Hall–Kier alpha value is -3.36. The van der Waals surface area contributed by atoms with Crippen LogP contribution in [0, 0.1) is 6.92 Å². The fraction of sp³-hybridized carbons (Fsp3) is 0.192. The first-order valence-corrected chi connectivity index (χ1v) is 12.6. The molecule has 1 heterocycles. The average molecular weight is 492 g/mol. The number of carbonyl (C=O) groups is 2. The molecule has 0 spiro atoms. The van der Waals surface area contributed by atoms with Crippen molar-refractivity contribution in [3.63, 3.8) is 0 Å². The van der Waals surface area contributed by atoms with Gasteiger partial charge >= 0.3 is 0 Å². The second-order valence-electron chi connectivity index (χ2n) is 7.68. The molecule has 6 nitrogen and oxygen atoms in total. The lowest BCUT2D eigenvalue weighted by Gasteiger charge is -2.11. The molecular weight excluding hydrogens is 466 g/mol. The van der Waals surface area contributed by atoms with Crippen molar-refractivity contribution in [3.05, 3.63) is 77.9 Å². The van der Waals surface area contributed by atoms with Gasteiger partial charge in [-0.2, -0.15) is 0 Å². The highest BCUT2D eigenvalue weighted by Crippen LogP contribution is 2.31. The van der Waals surface area contributed by atoms with E-state index in [0.717, 1.165) is 26.4 Å². The van der Waals surface area contributed by atoms with Crippen molar-refractivity contribution in [1.29, 1.82) is 0 Å². The van der Waals surface area contributed by atoms with Crippen LogP contribution in [0.2, 0.25) is 0 Å². The molecule has 174 valence electrons. The molecule has 34 heavy (non-hydrogen) atoms. The van der Waals surface area contributed by atoms with Crippen molar-refractivity contribution in [3.8, 4) is 5.75 Å². The van der Waals surface area contributed by atoms with Crippen molar-refractivity contribution >= 4 is 55.9 Å². The summed E-state index contributed by atoms with van der Waals surface area (Å²) < 4.78 is 6.49. The predicted octanol–water partition coefficient (Wildman–Crippen LogP) is 6.38. The summed E-state index contributed by atoms with van der Waals surface area (Å²) in [7, 11) is 0. The zero-order valence-corrected chi connectivity index (χ0v) is 20.8. The number of aromatic nitrogens is 1. The number of nitrogens with one attached hydrogen (secondary N) is 2. The monoisotopic (exact) mass is 491 g/mol. The summed E-state index contributed by atoms with van der Waals surface area (Å²) >= 11 is 2.87. The minimum absolute atomic E-state index is 0.120. The number of hydrogen-bond acceptors (Lipinski definition) is 6. The van der Waals surface area contributed by atoms with Crippen molar-refractivity contribution in [1.82, 2.24) is 4.98 Å². The highest BCUT2D eigenvalue weighted by atomic mass is 32.2. The number of ether oxygens (including phenoxy) is 1. The zero-order chi connectivity index (χ0) is 24.1. The highest BCUT2D eigenvalue weighted by Gasteiger charge is 2.17. The van der Waals surface area contributed by atoms with E-state index < -0.39 is 0 Å². The Balaban J connectivity index is 1.34. The molecule has 1 unspecified atom stereocenters. The molecule has 4 aromatic rings. The van der Waals surface area contributed by atoms with Gasteiger partial charge in [0.2, 0.25) is 5.91 Å². The molecule has 4 rings (SSSR count). The third-order valence-corrected chi connectivity index (χ3v) is 7.02. The molecule has 1 aromatic heterocycles. The Morgan fingerprint density at radius 2 is 1.85 bits per heavy atom. The van der Waals surface area contributed by atoms with Crippen molar-refractivity contribution in [2.24, 2.45) is 0 Å². The molecular formula is C26H25N3O3S2. The lowest BCUT2D eigenvalue weighted by Crippen LogP contribution is -2.22. The summed E-state index contributed by atoms with van der Waals surface area (Å²) in [5, 5.41) is 6.06. The van der Waals surface area contributed by atoms with Gasteiger partial charge in [0.1, 0.15) is 5.75 Å². The molecule has 0 aliphatic rings. The number of carbonyl (C=O) groups excluding carboxylic acids is 2. The van der Waals surface area contributed by atoms with E-state index in [-0.39, 0.29) is 17.1 Å². The fourth-order valence-electron chi connectivity index (χ4n) is 3.29. The third-order valence-electron chi connectivity index (χ3n) is 4.98. The van der Waals surface area contributed by atoms with Crippen LogP contribution in [0.15, 0.2) is 71.6 Å². The average Bonchev–Trinajstić information content (AvgIpc) is 3.22. The topological polar surface area (TPSA) is 80.3 Å². The SMILES string of the molecule is CCOc1ccc2nc(NC(=O)C(C)Sc3ccc(NC(=O)c4cccc(C)c4)cc3)sc2c1. The van der Waals surface area contributed by atoms with Gasteiger partial charge in [-0.3, -0.25) is 9.59 Å². The Bertz CT molecular complexity index is 1320. The van der Waals surface area contributed by atoms with Gasteiger partial charge in [0.25, 0.3) is 5.91 Å². The first-order chi connectivity index (χ1) is 16.4. The largest absolute Gasteiger partial charge is 0.494 e. The van der Waals surface area contributed by atoms with Crippen LogP contribution >= 0.6 is 23.1 Å². The fourth-order valence-corrected chi connectivity index (χ4v) is 5.05. The minimum Gasteiger partial charge on any atom is -0.494 e. The molecule has 0 saturated heterocycles. The number of amides is 2. The van der Waals surface area contributed by atoms with Crippen LogP contribution in [-0.2, 0) is 4.79 Å². The van der Waals surface area contributed by atoms with Crippen molar-refractivity contribution in [2.45, 2.75) is 30.9 Å². The van der Waals surface area contributed by atoms with E-state index in [9.17, 15) is 9.59 Å². The molecule has 0 bridgehead atoms. The van der Waals surface area contributed by atoms with Gasteiger partial charge in [-0.05, 0) is 75.4 Å². The molecule has 1 atom stereocenters. The number of aryl methyl sites for hydroxylation is 1. The van der Waals surface area contributed by atoms with Gasteiger partial charge in [0, 0.05) is 16.1 Å². The summed E-state index contributed by atoms with van der Waals surface area (Å²) in [5.41, 5.74) is 3.18. The van der Waals surface area contributed by atoms with E-state index in [1.54, 1.807) is 6.07 Å². The number of fused-ring (bicyclic) bond motifs is 1. The number of nitrogens with zero attached hydrogens (tertiary/aromatic N) is 1. The van der Waals surface area contributed by atoms with Gasteiger partial charge in [0.15, 0.2) is 5.13 Å². The molecule has 0 fully saturated rings. The van der Waals surface area contributed by atoms with Gasteiger partial charge in [-0.25, -0.2) is 4.98 Å². The molecule has 0 aliphatic heterocycles. The Kier molecular flexibility index (Phi) is 7.49. The Morgan fingerprint density at radius 3 is 2.59 bits per heavy atom. The number of thiazole rings is 1. The maximum Gasteiger partial charge on any atom is 0.255 e. The van der Waals surface area contributed by atoms with E-state index in [0.29, 0.717) is 23.0 Å². The minimum atomic E-state index is -0.321. The van der Waals surface area contributed by atoms with Crippen LogP contribution in [0.1, 0.15) is 29.8 Å². The van der Waals surface area contributed by atoms with Crippen molar-refractivity contribution < 1.29 is 14.3 Å². The Morgan fingerprint density at radius 1 is 1.06 bits per heavy atom. The van der Waals surface area contributed by atoms with Gasteiger partial charge in [0.05, 0.1) is 22.1 Å². The van der Waals surface area contributed by atoms with E-state index >= 15 is 0 Å². The summed E-state index contributed by atoms with van der Waals surface area (Å²) in [6.45, 7) is 6.35. The number of rotatable bonds is 8. The van der Waals surface area contributed by atoms with Crippen LogP contribution < -0.4 is 15.4 Å². The second kappa shape index (κ2) is 10.7. The van der Waals surface area contributed by atoms with E-state index in [1.165, 1.54) is 23.1 Å². The highest BCUT2D eigenvalue weighted by molar-refractivity contribution is 8.00. The van der Waals surface area contributed by atoms with E-state index in [2.05, 4.69) is 15.6 Å². The second-order valence-corrected chi connectivity index (χ2v) is 10.1. The third kappa shape index (κ3) is 5.95. The number of thioether (sulfide) groups is 1. The number of anilines is 2. The lowest BCUT2D eigenvalue weighted by molar-refractivity contribution is -0.115. The summed E-state index contributed by atoms with van der Waals surface area (Å²) in [6, 6.07) is 20.6. The van der Waals surface area contributed by atoms with Crippen LogP contribution in [-0.4, -0.2) is 28.7 Å². The van der Waals surface area contributed by atoms with Crippen LogP contribution in [0.5, 0.6) is 5.75 Å². The maximum absolute atomic E-state index is 12.7. The summed E-state index contributed by atoms with van der Waals surface area (Å²) in [5.74, 6) is 0.519. The summed E-state index contributed by atoms with van der Waals surface area (Å²) in [4.78, 5) is 30.6. The van der Waals surface area contributed by atoms with E-state index in [1.807, 2.05) is 81.4 Å². The van der Waals surface area contributed by atoms with Gasteiger partial charge < -0.3 is 15.4 Å². The zero-order valence-electron chi connectivity index (χ0n) is 19.1. The van der Waals surface area contributed by atoms with Gasteiger partial charge in [-0.15, -0.1) is 11.8 Å². The first-order valence-electron chi connectivity index (χ1n) is 10.9. The molecule has 2 N–H and O–H groups in total. The normalized spacial score (nSPS) is 11.7. The van der Waals surface area contributed by atoms with E-state index in [4.69, 9.17) is 4.74 Å². The molecule has 3 aromatic carbocycles. The molecule has 0 saturated carbocycles. The predicted molar refractivity (Wildman–Crippen MR) is 140 cm³/mol. The van der Waals surface area contributed by atoms with Crippen molar-refractivity contribution in [2.75, 3.05) is 17.2 Å². The summed E-state index contributed by atoms with van der Waals surface area (Å²) in [6.07, 6.45) is 0. The van der Waals surface area contributed by atoms with Gasteiger partial charge in [-0.1, -0.05) is 29.0 Å². The molecule has 0 aliphatic carbocycles. The molecule has 8 heteroatoms. The van der Waals surface area contributed by atoms with Crippen LogP contribution in [0.25, 0.3) is 10.2 Å². The quantitative estimate of drug-likeness (QED) is 0.280. The molecule has 0 radical (unpaired) electrons.